The molecule has 1 amide bonds. The van der Waals surface area contributed by atoms with E-state index in [4.69, 9.17) is 16.7 Å². The van der Waals surface area contributed by atoms with E-state index >= 15 is 0 Å². The molecule has 13 heavy (non-hydrogen) atoms. The minimum absolute atomic E-state index is 0.264. The van der Waals surface area contributed by atoms with Gasteiger partial charge in [0, 0.05) is 0 Å². The first-order chi connectivity index (χ1) is 5.96. The first-order valence-electron chi connectivity index (χ1n) is 3.70. The maximum absolute atomic E-state index is 10.8. The number of hydrogen-bond acceptors (Lipinski definition) is 3. The molecule has 0 radical (unpaired) electrons. The molecule has 0 rings (SSSR count). The van der Waals surface area contributed by atoms with Gasteiger partial charge in [-0.05, 0) is 13.3 Å². The third-order valence-corrected chi connectivity index (χ3v) is 1.85. The van der Waals surface area contributed by atoms with Crippen molar-refractivity contribution in [1.82, 2.24) is 5.32 Å². The molecule has 0 aliphatic heterocycles. The van der Waals surface area contributed by atoms with Crippen molar-refractivity contribution in [3.63, 3.8) is 0 Å². The average Bonchev–Trinajstić information content (AvgIpc) is 2.04. The second kappa shape index (κ2) is 4.91. The fraction of sp³-hybridized carbons (Fsp3) is 0.714. The van der Waals surface area contributed by atoms with Crippen LogP contribution in [-0.4, -0.2) is 28.8 Å². The summed E-state index contributed by atoms with van der Waals surface area (Å²) in [7, 11) is 0. The summed E-state index contributed by atoms with van der Waals surface area (Å²) in [6.07, 6.45) is -0.568. The summed E-state index contributed by atoms with van der Waals surface area (Å²) >= 11 is 5.12. The number of carbonyl (C=O) groups excluding carboxylic acids is 1. The first-order valence-corrected chi connectivity index (χ1v) is 4.24. The predicted octanol–water partition coefficient (Wildman–Crippen LogP) is 1.16. The normalized spacial score (nSPS) is 14.4. The van der Waals surface area contributed by atoms with Crippen molar-refractivity contribution in [2.45, 2.75) is 25.8 Å². The number of alkyl halides is 1. The summed E-state index contributed by atoms with van der Waals surface area (Å²) in [4.78, 5) is 21.5. The van der Waals surface area contributed by atoms with E-state index in [0.29, 0.717) is 0 Å². The highest BCUT2D eigenvalue weighted by Crippen LogP contribution is 2.09. The average molecular weight is 210 g/mol. The summed E-state index contributed by atoms with van der Waals surface area (Å²) in [5.41, 5.74) is -1.30. The SMILES string of the molecule is CCC(C)(NC(=O)OCCl)C(=O)O. The molecule has 0 spiro atoms. The number of nitrogens with one attached hydrogen (secondary N) is 1. The van der Waals surface area contributed by atoms with Gasteiger partial charge in [-0.15, -0.1) is 0 Å². The van der Waals surface area contributed by atoms with Gasteiger partial charge in [0.2, 0.25) is 0 Å². The number of ether oxygens (including phenoxy) is 1. The van der Waals surface area contributed by atoms with E-state index in [0.717, 1.165) is 0 Å². The van der Waals surface area contributed by atoms with Crippen LogP contribution in [0.1, 0.15) is 20.3 Å². The van der Waals surface area contributed by atoms with Gasteiger partial charge < -0.3 is 15.2 Å². The van der Waals surface area contributed by atoms with Crippen molar-refractivity contribution >= 4 is 23.7 Å². The fourth-order valence-corrected chi connectivity index (χ4v) is 0.703. The number of carboxylic acids is 1. The van der Waals surface area contributed by atoms with Crippen LogP contribution in [0.25, 0.3) is 0 Å². The van der Waals surface area contributed by atoms with Crippen LogP contribution in [0.5, 0.6) is 0 Å². The molecule has 2 N–H and O–H groups in total. The van der Waals surface area contributed by atoms with Gasteiger partial charge in [0.15, 0.2) is 6.07 Å². The molecule has 0 aromatic heterocycles. The molecule has 6 heteroatoms. The summed E-state index contributed by atoms with van der Waals surface area (Å²) < 4.78 is 4.34. The molecule has 0 fully saturated rings. The number of aliphatic carboxylic acids is 1. The molecule has 0 bridgehead atoms. The summed E-state index contributed by atoms with van der Waals surface area (Å²) in [5, 5.41) is 10.9. The molecule has 0 heterocycles. The number of carbonyl (C=O) groups is 2. The number of halogens is 1. The van der Waals surface area contributed by atoms with Gasteiger partial charge in [-0.1, -0.05) is 18.5 Å². The van der Waals surface area contributed by atoms with E-state index in [-0.39, 0.29) is 12.5 Å². The minimum atomic E-state index is -1.30. The van der Waals surface area contributed by atoms with Crippen LogP contribution in [-0.2, 0) is 9.53 Å². The van der Waals surface area contributed by atoms with Gasteiger partial charge in [-0.25, -0.2) is 9.59 Å². The van der Waals surface area contributed by atoms with E-state index in [2.05, 4.69) is 10.1 Å². The molecular weight excluding hydrogens is 198 g/mol. The van der Waals surface area contributed by atoms with Crippen molar-refractivity contribution < 1.29 is 19.4 Å². The number of alkyl carbamates (subject to hydrolysis) is 1. The zero-order valence-electron chi connectivity index (χ0n) is 7.46. The highest BCUT2D eigenvalue weighted by Gasteiger charge is 2.33. The van der Waals surface area contributed by atoms with Crippen molar-refractivity contribution in [3.05, 3.63) is 0 Å². The summed E-state index contributed by atoms with van der Waals surface area (Å²) in [6.45, 7) is 3.04. The monoisotopic (exact) mass is 209 g/mol. The number of carboxylic acid groups (broad SMARTS) is 1. The molecule has 1 atom stereocenters. The van der Waals surface area contributed by atoms with Gasteiger partial charge in [0.1, 0.15) is 5.54 Å². The summed E-state index contributed by atoms with van der Waals surface area (Å²) in [6, 6.07) is -0.300. The Morgan fingerprint density at radius 3 is 2.46 bits per heavy atom. The molecule has 0 aliphatic carbocycles. The van der Waals surface area contributed by atoms with Crippen molar-refractivity contribution in [1.29, 1.82) is 0 Å². The fourth-order valence-electron chi connectivity index (χ4n) is 0.604. The molecule has 76 valence electrons. The van der Waals surface area contributed by atoms with E-state index in [1.54, 1.807) is 6.92 Å². The van der Waals surface area contributed by atoms with Crippen LogP contribution in [0.3, 0.4) is 0 Å². The highest BCUT2D eigenvalue weighted by molar-refractivity contribution is 6.17. The molecular formula is C7H12ClNO4. The first kappa shape index (κ1) is 12.0. The highest BCUT2D eigenvalue weighted by atomic mass is 35.5. The standard InChI is InChI=1S/C7H12ClNO4/c1-3-7(2,5(10)11)9-6(12)13-4-8/h3-4H2,1-2H3,(H,9,12)(H,10,11). The van der Waals surface area contributed by atoms with Gasteiger partial charge in [-0.3, -0.25) is 0 Å². The molecule has 0 saturated carbocycles. The Balaban J connectivity index is 4.27. The quantitative estimate of drug-likeness (QED) is 0.682. The summed E-state index contributed by atoms with van der Waals surface area (Å²) in [5.74, 6) is -1.11. The lowest BCUT2D eigenvalue weighted by atomic mass is 10.00. The lowest BCUT2D eigenvalue weighted by Crippen LogP contribution is -2.51. The molecule has 0 aromatic rings. The van der Waals surface area contributed by atoms with Gasteiger partial charge >= 0.3 is 12.1 Å². The second-order valence-electron chi connectivity index (χ2n) is 2.66. The molecule has 0 saturated heterocycles. The lowest BCUT2D eigenvalue weighted by molar-refractivity contribution is -0.144. The number of rotatable bonds is 4. The largest absolute Gasteiger partial charge is 0.480 e. The molecule has 0 aliphatic rings. The molecule has 1 unspecified atom stereocenters. The third kappa shape index (κ3) is 3.50. The van der Waals surface area contributed by atoms with Crippen LogP contribution in [0, 0.1) is 0 Å². The second-order valence-corrected chi connectivity index (χ2v) is 2.87. The van der Waals surface area contributed by atoms with Crippen molar-refractivity contribution in [2.75, 3.05) is 6.07 Å². The van der Waals surface area contributed by atoms with E-state index in [1.165, 1.54) is 6.92 Å². The predicted molar refractivity (Wildman–Crippen MR) is 46.7 cm³/mol. The van der Waals surface area contributed by atoms with Crippen LogP contribution in [0.15, 0.2) is 0 Å². The minimum Gasteiger partial charge on any atom is -0.480 e. The maximum atomic E-state index is 10.8. The lowest BCUT2D eigenvalue weighted by Gasteiger charge is -2.23. The van der Waals surface area contributed by atoms with Gasteiger partial charge in [0.05, 0.1) is 0 Å². The van der Waals surface area contributed by atoms with Crippen LogP contribution < -0.4 is 5.32 Å². The van der Waals surface area contributed by atoms with Crippen molar-refractivity contribution in [2.24, 2.45) is 0 Å². The Morgan fingerprint density at radius 2 is 2.15 bits per heavy atom. The third-order valence-electron chi connectivity index (χ3n) is 1.74. The van der Waals surface area contributed by atoms with Crippen LogP contribution >= 0.6 is 11.6 Å². The zero-order chi connectivity index (χ0) is 10.5. The van der Waals surface area contributed by atoms with E-state index in [9.17, 15) is 9.59 Å². The Bertz CT molecular complexity index is 209. The van der Waals surface area contributed by atoms with Crippen molar-refractivity contribution in [3.8, 4) is 0 Å². The van der Waals surface area contributed by atoms with E-state index in [1.807, 2.05) is 0 Å². The zero-order valence-corrected chi connectivity index (χ0v) is 8.22. The Kier molecular flexibility index (Phi) is 4.55. The van der Waals surface area contributed by atoms with E-state index < -0.39 is 17.6 Å². The molecule has 5 nitrogen and oxygen atoms in total. The van der Waals surface area contributed by atoms with Gasteiger partial charge in [0.25, 0.3) is 0 Å². The topological polar surface area (TPSA) is 75.6 Å². The van der Waals surface area contributed by atoms with Gasteiger partial charge in [-0.2, -0.15) is 0 Å². The smallest absolute Gasteiger partial charge is 0.409 e. The molecule has 0 aromatic carbocycles. The van der Waals surface area contributed by atoms with Crippen LogP contribution in [0.4, 0.5) is 4.79 Å². The maximum Gasteiger partial charge on any atom is 0.409 e. The Labute approximate surface area is 81.0 Å². The number of amides is 1. The van der Waals surface area contributed by atoms with Crippen LogP contribution in [0.2, 0.25) is 0 Å². The Hall–Kier alpha value is -0.970. The Morgan fingerprint density at radius 1 is 1.62 bits per heavy atom. The number of hydrogen-bond donors (Lipinski definition) is 2.